The van der Waals surface area contributed by atoms with Crippen LogP contribution in [0.25, 0.3) is 0 Å². The third-order valence-corrected chi connectivity index (χ3v) is 1.80. The molecule has 0 unspecified atom stereocenters. The molecule has 4 nitrogen and oxygen atoms in total. The number of unbranched alkanes of at least 4 members (excludes halogenated alkanes) is 3. The average Bonchev–Trinajstić information content (AvgIpc) is 2.32. The average molecular weight is 263 g/mol. The van der Waals surface area contributed by atoms with Gasteiger partial charge in [0.2, 0.25) is 0 Å². The van der Waals surface area contributed by atoms with Gasteiger partial charge in [-0.3, -0.25) is 0 Å². The van der Waals surface area contributed by atoms with Crippen molar-refractivity contribution in [1.29, 1.82) is 5.26 Å². The van der Waals surface area contributed by atoms with E-state index in [9.17, 15) is 0 Å². The first-order chi connectivity index (χ1) is 8.24. The van der Waals surface area contributed by atoms with Gasteiger partial charge in [0.25, 0.3) is 0 Å². The fraction of sp³-hybridized carbons (Fsp3) is 0.929. The number of rotatable bonds is 8. The smallest absolute Gasteiger partial charge is 0.0587 e. The number of aliphatic hydroxyl groups is 1. The first kappa shape index (κ1) is 26.0. The van der Waals surface area contributed by atoms with Crippen molar-refractivity contribution in [3.63, 3.8) is 0 Å². The van der Waals surface area contributed by atoms with E-state index in [1.54, 1.807) is 6.07 Å². The van der Waals surface area contributed by atoms with Crippen molar-refractivity contribution in [3.05, 3.63) is 0 Å². The summed E-state index contributed by atoms with van der Waals surface area (Å²) in [6.45, 7) is 10.1. The minimum Gasteiger partial charge on any atom is -0.412 e. The zero-order chi connectivity index (χ0) is 13.8. The van der Waals surface area contributed by atoms with Crippen LogP contribution in [0.1, 0.15) is 66.2 Å². The molecule has 0 bridgehead atoms. The summed E-state index contributed by atoms with van der Waals surface area (Å²) in [4.78, 5) is 0. The predicted molar refractivity (Wildman–Crippen MR) is 77.5 cm³/mol. The Labute approximate surface area is 113 Å². The van der Waals surface area contributed by atoms with Crippen LogP contribution in [0.4, 0.5) is 0 Å². The fourth-order valence-corrected chi connectivity index (χ4v) is 0.753. The van der Waals surface area contributed by atoms with Crippen LogP contribution < -0.4 is 0 Å². The van der Waals surface area contributed by atoms with Gasteiger partial charge in [0.05, 0.1) is 6.07 Å². The van der Waals surface area contributed by atoms with E-state index < -0.39 is 0 Å². The highest BCUT2D eigenvalue weighted by molar-refractivity contribution is 4.51. The van der Waals surface area contributed by atoms with Gasteiger partial charge in [-0.1, -0.05) is 40.0 Å². The molecule has 0 aromatic rings. The Bertz CT molecular complexity index is 127. The molecule has 0 radical (unpaired) electrons. The second kappa shape index (κ2) is 36.0. The van der Waals surface area contributed by atoms with Crippen LogP contribution in [0, 0.1) is 11.3 Å². The topological polar surface area (TPSA) is 84.8 Å². The molecule has 0 saturated carbocycles. The Hall–Kier alpha value is -0.630. The number of aliphatic hydroxyl groups excluding tert-OH is 1. The summed E-state index contributed by atoms with van der Waals surface area (Å²) in [5, 5.41) is 15.4. The summed E-state index contributed by atoms with van der Waals surface area (Å²) in [7, 11) is 0. The second-order valence-corrected chi connectivity index (χ2v) is 3.62. The number of hydrogen-bond acceptors (Lipinski definition) is 3. The molecule has 0 fully saturated rings. The Morgan fingerprint density at radius 1 is 0.944 bits per heavy atom. The third-order valence-electron chi connectivity index (χ3n) is 1.80. The molecule has 0 rings (SSSR count). The molecular weight excluding hydrogens is 230 g/mol. The van der Waals surface area contributed by atoms with E-state index in [2.05, 4.69) is 20.8 Å². The summed E-state index contributed by atoms with van der Waals surface area (Å²) in [5.74, 6) is 0. The molecule has 0 aromatic carbocycles. The van der Waals surface area contributed by atoms with E-state index in [0.29, 0.717) is 6.61 Å². The maximum Gasteiger partial charge on any atom is 0.0587 e. The molecular formula is C14H33NO3. The Kier molecular flexibility index (Phi) is 52.0. The highest BCUT2D eigenvalue weighted by Gasteiger charge is 1.84. The monoisotopic (exact) mass is 263 g/mol. The van der Waals surface area contributed by atoms with Crippen LogP contribution in [0.5, 0.6) is 0 Å². The van der Waals surface area contributed by atoms with E-state index in [1.165, 1.54) is 32.6 Å². The van der Waals surface area contributed by atoms with Gasteiger partial charge < -0.3 is 15.3 Å². The molecule has 18 heavy (non-hydrogen) atoms. The summed E-state index contributed by atoms with van der Waals surface area (Å²) < 4.78 is 5.31. The summed E-state index contributed by atoms with van der Waals surface area (Å²) in [5.41, 5.74) is 0. The molecule has 0 aliphatic carbocycles. The first-order valence-corrected chi connectivity index (χ1v) is 6.74. The maximum absolute atomic E-state index is 8.07. The molecule has 0 amide bonds. The lowest BCUT2D eigenvalue weighted by Crippen LogP contribution is -1.95. The fourth-order valence-electron chi connectivity index (χ4n) is 0.753. The molecule has 0 aromatic heterocycles. The quantitative estimate of drug-likeness (QED) is 0.683. The molecule has 0 spiro atoms. The maximum atomic E-state index is 8.07. The number of ether oxygens (including phenoxy) is 1. The van der Waals surface area contributed by atoms with Crippen LogP contribution in [0.3, 0.4) is 0 Å². The molecule has 0 atom stereocenters. The van der Waals surface area contributed by atoms with Gasteiger partial charge in [-0.2, -0.15) is 5.26 Å². The van der Waals surface area contributed by atoms with E-state index in [-0.39, 0.29) is 5.48 Å². The zero-order valence-electron chi connectivity index (χ0n) is 12.7. The number of nitriles is 1. The van der Waals surface area contributed by atoms with Crippen LogP contribution in [-0.2, 0) is 4.74 Å². The molecule has 0 aliphatic rings. The van der Waals surface area contributed by atoms with Crippen molar-refractivity contribution in [1.82, 2.24) is 0 Å². The number of nitrogens with zero attached hydrogens (tertiary/aromatic N) is 1. The van der Waals surface area contributed by atoms with Crippen LogP contribution >= 0.6 is 0 Å². The molecule has 0 saturated heterocycles. The van der Waals surface area contributed by atoms with Crippen molar-refractivity contribution in [2.45, 2.75) is 66.2 Å². The van der Waals surface area contributed by atoms with Gasteiger partial charge in [-0.05, 0) is 19.3 Å². The van der Waals surface area contributed by atoms with E-state index in [0.717, 1.165) is 26.1 Å². The lowest BCUT2D eigenvalue weighted by molar-refractivity contribution is 0.128. The SMILES string of the molecule is CC#N.CCCCO.CCCCOCCCC.O. The Morgan fingerprint density at radius 3 is 1.44 bits per heavy atom. The summed E-state index contributed by atoms with van der Waals surface area (Å²) in [6.07, 6.45) is 6.95. The molecule has 0 aliphatic heterocycles. The van der Waals surface area contributed by atoms with Gasteiger partial charge in [0, 0.05) is 26.7 Å². The van der Waals surface area contributed by atoms with E-state index in [1.807, 2.05) is 0 Å². The first-order valence-electron chi connectivity index (χ1n) is 6.74. The minimum absolute atomic E-state index is 0. The van der Waals surface area contributed by atoms with E-state index >= 15 is 0 Å². The van der Waals surface area contributed by atoms with Crippen molar-refractivity contribution in [3.8, 4) is 6.07 Å². The van der Waals surface area contributed by atoms with Gasteiger partial charge in [0.15, 0.2) is 0 Å². The lowest BCUT2D eigenvalue weighted by atomic mass is 10.3. The lowest BCUT2D eigenvalue weighted by Gasteiger charge is -1.99. The van der Waals surface area contributed by atoms with Gasteiger partial charge in [-0.25, -0.2) is 0 Å². The Morgan fingerprint density at radius 2 is 1.28 bits per heavy atom. The van der Waals surface area contributed by atoms with Crippen LogP contribution in [-0.4, -0.2) is 30.4 Å². The second-order valence-electron chi connectivity index (χ2n) is 3.62. The minimum atomic E-state index is 0. The highest BCUT2D eigenvalue weighted by atomic mass is 16.5. The largest absolute Gasteiger partial charge is 0.412 e. The predicted octanol–water partition coefficient (Wildman–Crippen LogP) is 3.09. The van der Waals surface area contributed by atoms with Gasteiger partial charge in [-0.15, -0.1) is 0 Å². The van der Waals surface area contributed by atoms with Crippen molar-refractivity contribution < 1.29 is 15.3 Å². The van der Waals surface area contributed by atoms with E-state index in [4.69, 9.17) is 15.1 Å². The molecule has 3 N–H and O–H groups in total. The summed E-state index contributed by atoms with van der Waals surface area (Å²) in [6, 6.07) is 1.75. The van der Waals surface area contributed by atoms with Gasteiger partial charge >= 0.3 is 0 Å². The van der Waals surface area contributed by atoms with Crippen molar-refractivity contribution in [2.75, 3.05) is 19.8 Å². The van der Waals surface area contributed by atoms with Crippen LogP contribution in [0.2, 0.25) is 0 Å². The number of hydrogen-bond donors (Lipinski definition) is 1. The van der Waals surface area contributed by atoms with Gasteiger partial charge in [0.1, 0.15) is 0 Å². The standard InChI is InChI=1S/C8H18O.C4H10O.C2H3N.H2O/c1-3-5-7-9-8-6-4-2;1-2-3-4-5;1-2-3;/h3-8H2,1-2H3;5H,2-4H2,1H3;1H3;1H2. The van der Waals surface area contributed by atoms with Crippen molar-refractivity contribution >= 4 is 0 Å². The molecule has 4 heteroatoms. The Balaban J connectivity index is -0.0000000931. The molecule has 0 heterocycles. The van der Waals surface area contributed by atoms with Crippen LogP contribution in [0.15, 0.2) is 0 Å². The van der Waals surface area contributed by atoms with Crippen molar-refractivity contribution in [2.24, 2.45) is 0 Å². The third kappa shape index (κ3) is 58.4. The zero-order valence-corrected chi connectivity index (χ0v) is 12.7. The highest BCUT2D eigenvalue weighted by Crippen LogP contribution is 1.91. The summed E-state index contributed by atoms with van der Waals surface area (Å²) >= 11 is 0. The normalized spacial score (nSPS) is 7.78. The molecule has 112 valence electrons.